The number of rotatable bonds is 7. The summed E-state index contributed by atoms with van der Waals surface area (Å²) in [7, 11) is 0. The number of nitrogens with one attached hydrogen (secondary N) is 1. The van der Waals surface area contributed by atoms with E-state index in [0.29, 0.717) is 12.4 Å². The number of ether oxygens (including phenoxy) is 1. The molecule has 5 heteroatoms. The van der Waals surface area contributed by atoms with Crippen molar-refractivity contribution in [1.82, 2.24) is 4.98 Å². The van der Waals surface area contributed by atoms with Crippen molar-refractivity contribution in [3.05, 3.63) is 90.3 Å². The number of hydrogen-bond donors (Lipinski definition) is 2. The fraction of sp³-hybridized carbons (Fsp3) is 0.100. The van der Waals surface area contributed by atoms with Crippen molar-refractivity contribution in [3.63, 3.8) is 0 Å². The minimum atomic E-state index is -0.602. The van der Waals surface area contributed by atoms with Gasteiger partial charge >= 0.3 is 0 Å². The van der Waals surface area contributed by atoms with Crippen molar-refractivity contribution in [2.45, 2.75) is 12.6 Å². The second-order valence-corrected chi connectivity index (χ2v) is 5.57. The van der Waals surface area contributed by atoms with Crippen molar-refractivity contribution < 1.29 is 9.53 Å². The number of amides is 1. The number of benzene rings is 2. The summed E-state index contributed by atoms with van der Waals surface area (Å²) in [6, 6.07) is 20.0. The summed E-state index contributed by atoms with van der Waals surface area (Å²) < 4.78 is 5.78. The highest BCUT2D eigenvalue weighted by Crippen LogP contribution is 2.23. The van der Waals surface area contributed by atoms with Crippen LogP contribution in [-0.4, -0.2) is 10.9 Å². The van der Waals surface area contributed by atoms with Gasteiger partial charge in [-0.25, -0.2) is 0 Å². The zero-order chi connectivity index (χ0) is 17.5. The van der Waals surface area contributed by atoms with E-state index in [4.69, 9.17) is 10.5 Å². The molecule has 5 nitrogen and oxygen atoms in total. The molecule has 0 radical (unpaired) electrons. The number of anilines is 1. The van der Waals surface area contributed by atoms with Gasteiger partial charge < -0.3 is 15.8 Å². The Morgan fingerprint density at radius 2 is 1.92 bits per heavy atom. The summed E-state index contributed by atoms with van der Waals surface area (Å²) in [5, 5.41) is 3.17. The van der Waals surface area contributed by atoms with Gasteiger partial charge in [0.15, 0.2) is 0 Å². The smallest absolute Gasteiger partial charge is 0.244 e. The highest BCUT2D eigenvalue weighted by Gasteiger charge is 2.17. The lowest BCUT2D eigenvalue weighted by molar-refractivity contribution is -0.118. The average Bonchev–Trinajstić information content (AvgIpc) is 2.66. The molecule has 0 spiro atoms. The van der Waals surface area contributed by atoms with E-state index in [-0.39, 0.29) is 0 Å². The molecule has 2 aromatic carbocycles. The lowest BCUT2D eigenvalue weighted by Gasteiger charge is -2.17. The highest BCUT2D eigenvalue weighted by molar-refractivity contribution is 5.84. The minimum Gasteiger partial charge on any atom is -0.489 e. The van der Waals surface area contributed by atoms with Crippen molar-refractivity contribution in [1.29, 1.82) is 0 Å². The van der Waals surface area contributed by atoms with Gasteiger partial charge in [0.2, 0.25) is 5.91 Å². The van der Waals surface area contributed by atoms with Crippen LogP contribution < -0.4 is 15.8 Å². The fourth-order valence-electron chi connectivity index (χ4n) is 2.46. The molecule has 3 aromatic rings. The summed E-state index contributed by atoms with van der Waals surface area (Å²) in [5.41, 5.74) is 8.11. The molecule has 0 fully saturated rings. The van der Waals surface area contributed by atoms with Crippen LogP contribution in [-0.2, 0) is 11.4 Å². The van der Waals surface area contributed by atoms with Crippen LogP contribution in [0, 0.1) is 0 Å². The summed E-state index contributed by atoms with van der Waals surface area (Å²) in [4.78, 5) is 15.9. The van der Waals surface area contributed by atoms with Gasteiger partial charge in [0, 0.05) is 29.7 Å². The number of aromatic nitrogens is 1. The number of hydrogen-bond acceptors (Lipinski definition) is 4. The topological polar surface area (TPSA) is 77.2 Å². The SMILES string of the molecule is NC(=O)[C@H](Nc1cccc(OCc2cccnc2)c1)c1ccccc1. The number of nitrogens with zero attached hydrogens (tertiary/aromatic N) is 1. The maximum absolute atomic E-state index is 11.8. The third-order valence-electron chi connectivity index (χ3n) is 3.69. The van der Waals surface area contributed by atoms with E-state index in [0.717, 1.165) is 16.8 Å². The molecule has 0 aliphatic rings. The lowest BCUT2D eigenvalue weighted by Crippen LogP contribution is -2.27. The molecule has 0 aliphatic heterocycles. The van der Waals surface area contributed by atoms with E-state index < -0.39 is 11.9 Å². The van der Waals surface area contributed by atoms with E-state index in [1.807, 2.05) is 66.7 Å². The van der Waals surface area contributed by atoms with Crippen LogP contribution in [0.25, 0.3) is 0 Å². The predicted molar refractivity (Wildman–Crippen MR) is 97.0 cm³/mol. The molecule has 3 rings (SSSR count). The molecule has 1 atom stereocenters. The number of pyridine rings is 1. The second-order valence-electron chi connectivity index (χ2n) is 5.57. The quantitative estimate of drug-likeness (QED) is 0.695. The van der Waals surface area contributed by atoms with Crippen molar-refractivity contribution in [3.8, 4) is 5.75 Å². The van der Waals surface area contributed by atoms with Crippen molar-refractivity contribution in [2.24, 2.45) is 5.73 Å². The summed E-state index contributed by atoms with van der Waals surface area (Å²) in [5.74, 6) is 0.262. The molecule has 25 heavy (non-hydrogen) atoms. The zero-order valence-electron chi connectivity index (χ0n) is 13.6. The number of carbonyl (C=O) groups is 1. The van der Waals surface area contributed by atoms with E-state index >= 15 is 0 Å². The first-order valence-corrected chi connectivity index (χ1v) is 7.95. The molecule has 0 aliphatic carbocycles. The Balaban J connectivity index is 1.71. The Morgan fingerprint density at radius 3 is 2.64 bits per heavy atom. The van der Waals surface area contributed by atoms with Crippen molar-refractivity contribution >= 4 is 11.6 Å². The molecule has 3 N–H and O–H groups in total. The monoisotopic (exact) mass is 333 g/mol. The van der Waals surface area contributed by atoms with Gasteiger partial charge in [-0.1, -0.05) is 42.5 Å². The Kier molecular flexibility index (Phi) is 5.26. The lowest BCUT2D eigenvalue weighted by atomic mass is 10.1. The number of nitrogens with two attached hydrogens (primary N) is 1. The van der Waals surface area contributed by atoms with Crippen LogP contribution in [0.4, 0.5) is 5.69 Å². The first kappa shape index (κ1) is 16.5. The maximum Gasteiger partial charge on any atom is 0.244 e. The van der Waals surface area contributed by atoms with Gasteiger partial charge in [0.25, 0.3) is 0 Å². The first-order valence-electron chi connectivity index (χ1n) is 7.95. The molecule has 126 valence electrons. The summed E-state index contributed by atoms with van der Waals surface area (Å²) in [6.07, 6.45) is 3.49. The molecule has 0 saturated carbocycles. The largest absolute Gasteiger partial charge is 0.489 e. The van der Waals surface area contributed by atoms with Crippen LogP contribution in [0.15, 0.2) is 79.1 Å². The standard InChI is InChI=1S/C20H19N3O2/c21-20(24)19(16-7-2-1-3-8-16)23-17-9-4-10-18(12-17)25-14-15-6-5-11-22-13-15/h1-13,19,23H,14H2,(H2,21,24)/t19-/m1/s1. The van der Waals surface area contributed by atoms with Crippen LogP contribution in [0.1, 0.15) is 17.2 Å². The van der Waals surface area contributed by atoms with Crippen LogP contribution in [0.2, 0.25) is 0 Å². The Bertz CT molecular complexity index is 823. The van der Waals surface area contributed by atoms with Gasteiger partial charge in [-0.05, 0) is 23.8 Å². The molecule has 0 bridgehead atoms. The Labute approximate surface area is 146 Å². The third-order valence-corrected chi connectivity index (χ3v) is 3.69. The van der Waals surface area contributed by atoms with Gasteiger partial charge in [-0.3, -0.25) is 9.78 Å². The molecular weight excluding hydrogens is 314 g/mol. The average molecular weight is 333 g/mol. The van der Waals surface area contributed by atoms with Crippen molar-refractivity contribution in [2.75, 3.05) is 5.32 Å². The first-order chi connectivity index (χ1) is 12.2. The van der Waals surface area contributed by atoms with E-state index in [1.165, 1.54) is 0 Å². The number of primary amides is 1. The molecular formula is C20H19N3O2. The normalized spacial score (nSPS) is 11.5. The number of carbonyl (C=O) groups excluding carboxylic acids is 1. The maximum atomic E-state index is 11.8. The van der Waals surface area contributed by atoms with E-state index in [2.05, 4.69) is 10.3 Å². The van der Waals surface area contributed by atoms with E-state index in [9.17, 15) is 4.79 Å². The predicted octanol–water partition coefficient (Wildman–Crippen LogP) is 3.30. The molecule has 1 aromatic heterocycles. The van der Waals surface area contributed by atoms with Crippen LogP contribution in [0.5, 0.6) is 5.75 Å². The van der Waals surface area contributed by atoms with Gasteiger partial charge in [0.05, 0.1) is 0 Å². The summed E-state index contributed by atoms with van der Waals surface area (Å²) >= 11 is 0. The third kappa shape index (κ3) is 4.57. The van der Waals surface area contributed by atoms with Crippen LogP contribution in [0.3, 0.4) is 0 Å². The Hall–Kier alpha value is -3.34. The Morgan fingerprint density at radius 1 is 1.08 bits per heavy atom. The fourth-order valence-corrected chi connectivity index (χ4v) is 2.46. The van der Waals surface area contributed by atoms with Crippen LogP contribution >= 0.6 is 0 Å². The second kappa shape index (κ2) is 7.97. The van der Waals surface area contributed by atoms with Gasteiger partial charge in [0.1, 0.15) is 18.4 Å². The summed E-state index contributed by atoms with van der Waals surface area (Å²) in [6.45, 7) is 0.426. The minimum absolute atomic E-state index is 0.426. The van der Waals surface area contributed by atoms with Gasteiger partial charge in [-0.15, -0.1) is 0 Å². The molecule has 1 heterocycles. The molecule has 1 amide bonds. The van der Waals surface area contributed by atoms with Gasteiger partial charge in [-0.2, -0.15) is 0 Å². The molecule has 0 unspecified atom stereocenters. The molecule has 0 saturated heterocycles. The zero-order valence-corrected chi connectivity index (χ0v) is 13.6. The van der Waals surface area contributed by atoms with E-state index in [1.54, 1.807) is 12.4 Å². The highest BCUT2D eigenvalue weighted by atomic mass is 16.5.